The van der Waals surface area contributed by atoms with E-state index < -0.39 is 4.92 Å². The van der Waals surface area contributed by atoms with Crippen LogP contribution in [0.5, 0.6) is 0 Å². The summed E-state index contributed by atoms with van der Waals surface area (Å²) in [7, 11) is 0. The van der Waals surface area contributed by atoms with E-state index in [1.54, 1.807) is 19.1 Å². The fourth-order valence-electron chi connectivity index (χ4n) is 2.16. The molecule has 110 valence electrons. The maximum absolute atomic E-state index is 12.1. The summed E-state index contributed by atoms with van der Waals surface area (Å²) in [6, 6.07) is 4.83. The monoisotopic (exact) mass is 278 g/mol. The molecule has 1 N–H and O–H groups in total. The average molecular weight is 278 g/mol. The van der Waals surface area contributed by atoms with E-state index in [0.29, 0.717) is 5.56 Å². The Morgan fingerprint density at radius 3 is 2.70 bits per heavy atom. The van der Waals surface area contributed by atoms with Gasteiger partial charge in [0, 0.05) is 11.6 Å². The Kier molecular flexibility index (Phi) is 6.15. The average Bonchev–Trinajstić information content (AvgIpc) is 2.38. The number of hydrogen-bond donors (Lipinski definition) is 1. The lowest BCUT2D eigenvalue weighted by Gasteiger charge is -2.14. The van der Waals surface area contributed by atoms with Gasteiger partial charge in [0.1, 0.15) is 5.56 Å². The van der Waals surface area contributed by atoms with Gasteiger partial charge in [0.05, 0.1) is 4.92 Å². The minimum atomic E-state index is -0.494. The van der Waals surface area contributed by atoms with Gasteiger partial charge in [-0.2, -0.15) is 0 Å². The third kappa shape index (κ3) is 4.33. The fraction of sp³-hybridized carbons (Fsp3) is 0.533. The maximum Gasteiger partial charge on any atom is 0.285 e. The third-order valence-corrected chi connectivity index (χ3v) is 3.28. The highest BCUT2D eigenvalue weighted by molar-refractivity contribution is 5.98. The number of para-hydroxylation sites is 1. The van der Waals surface area contributed by atoms with Crippen molar-refractivity contribution in [2.45, 2.75) is 52.5 Å². The van der Waals surface area contributed by atoms with Crippen LogP contribution in [0.1, 0.15) is 55.5 Å². The molecule has 0 unspecified atom stereocenters. The van der Waals surface area contributed by atoms with Gasteiger partial charge in [0.25, 0.3) is 11.6 Å². The van der Waals surface area contributed by atoms with Gasteiger partial charge in [-0.1, -0.05) is 38.3 Å². The maximum atomic E-state index is 12.1. The Hall–Kier alpha value is -1.91. The lowest BCUT2D eigenvalue weighted by atomic mass is 10.1. The molecular weight excluding hydrogens is 256 g/mol. The molecule has 0 radical (unpaired) electrons. The van der Waals surface area contributed by atoms with E-state index in [4.69, 9.17) is 0 Å². The summed E-state index contributed by atoms with van der Waals surface area (Å²) in [6.45, 7) is 5.69. The van der Waals surface area contributed by atoms with Gasteiger partial charge < -0.3 is 5.32 Å². The van der Waals surface area contributed by atoms with Gasteiger partial charge in [0.2, 0.25) is 0 Å². The predicted molar refractivity (Wildman–Crippen MR) is 78.9 cm³/mol. The molecule has 5 heteroatoms. The van der Waals surface area contributed by atoms with E-state index in [1.165, 1.54) is 6.07 Å². The molecule has 0 aliphatic carbocycles. The number of carbonyl (C=O) groups excluding carboxylic acids is 1. The molecule has 0 saturated heterocycles. The number of rotatable bonds is 7. The number of nitro groups is 1. The summed E-state index contributed by atoms with van der Waals surface area (Å²) < 4.78 is 0. The van der Waals surface area contributed by atoms with Crippen LogP contribution in [0, 0.1) is 17.0 Å². The first-order chi connectivity index (χ1) is 9.47. The van der Waals surface area contributed by atoms with Crippen molar-refractivity contribution in [3.63, 3.8) is 0 Å². The van der Waals surface area contributed by atoms with Gasteiger partial charge in [-0.05, 0) is 26.3 Å². The molecule has 0 aliphatic rings. The van der Waals surface area contributed by atoms with Crippen molar-refractivity contribution in [2.24, 2.45) is 0 Å². The highest BCUT2D eigenvalue weighted by Crippen LogP contribution is 2.23. The summed E-state index contributed by atoms with van der Waals surface area (Å²) in [4.78, 5) is 22.7. The number of amides is 1. The fourth-order valence-corrected chi connectivity index (χ4v) is 2.16. The SMILES string of the molecule is CCCCC[C@@H](C)NC(=O)c1cccc(C)c1[N+](=O)[O-]. The Morgan fingerprint density at radius 2 is 2.10 bits per heavy atom. The number of nitro benzene ring substituents is 1. The molecule has 0 heterocycles. The molecule has 0 saturated carbocycles. The summed E-state index contributed by atoms with van der Waals surface area (Å²) in [5.74, 6) is -0.371. The second-order valence-corrected chi connectivity index (χ2v) is 5.10. The Labute approximate surface area is 119 Å². The number of hydrogen-bond acceptors (Lipinski definition) is 3. The van der Waals surface area contributed by atoms with Crippen molar-refractivity contribution < 1.29 is 9.72 Å². The number of nitrogens with one attached hydrogen (secondary N) is 1. The lowest BCUT2D eigenvalue weighted by molar-refractivity contribution is -0.385. The van der Waals surface area contributed by atoms with Gasteiger partial charge in [-0.25, -0.2) is 0 Å². The predicted octanol–water partition coefficient (Wildman–Crippen LogP) is 3.60. The lowest BCUT2D eigenvalue weighted by Crippen LogP contribution is -2.33. The summed E-state index contributed by atoms with van der Waals surface area (Å²) in [5.41, 5.74) is 0.532. The van der Waals surface area contributed by atoms with Crippen LogP contribution in [0.3, 0.4) is 0 Å². The van der Waals surface area contributed by atoms with E-state index in [2.05, 4.69) is 12.2 Å². The first-order valence-corrected chi connectivity index (χ1v) is 7.02. The number of nitrogens with zero attached hydrogens (tertiary/aromatic N) is 1. The number of carbonyl (C=O) groups is 1. The summed E-state index contributed by atoms with van der Waals surface area (Å²) in [6.07, 6.45) is 4.20. The molecule has 0 aromatic heterocycles. The zero-order chi connectivity index (χ0) is 15.1. The van der Waals surface area contributed by atoms with Crippen molar-refractivity contribution in [3.05, 3.63) is 39.4 Å². The van der Waals surface area contributed by atoms with E-state index in [9.17, 15) is 14.9 Å². The van der Waals surface area contributed by atoms with Crippen LogP contribution in [-0.4, -0.2) is 16.9 Å². The van der Waals surface area contributed by atoms with Crippen molar-refractivity contribution in [2.75, 3.05) is 0 Å². The van der Waals surface area contributed by atoms with Crippen LogP contribution in [-0.2, 0) is 0 Å². The molecule has 1 atom stereocenters. The molecule has 1 rings (SSSR count). The molecule has 0 fully saturated rings. The Morgan fingerprint density at radius 1 is 1.40 bits per heavy atom. The minimum absolute atomic E-state index is 0.0224. The molecule has 1 aromatic carbocycles. The zero-order valence-corrected chi connectivity index (χ0v) is 12.3. The van der Waals surface area contributed by atoms with Gasteiger partial charge in [-0.3, -0.25) is 14.9 Å². The van der Waals surface area contributed by atoms with E-state index >= 15 is 0 Å². The summed E-state index contributed by atoms with van der Waals surface area (Å²) >= 11 is 0. The second kappa shape index (κ2) is 7.62. The smallest absolute Gasteiger partial charge is 0.285 e. The number of benzene rings is 1. The molecule has 0 bridgehead atoms. The van der Waals surface area contributed by atoms with Crippen LogP contribution < -0.4 is 5.32 Å². The van der Waals surface area contributed by atoms with Gasteiger partial charge in [-0.15, -0.1) is 0 Å². The highest BCUT2D eigenvalue weighted by Gasteiger charge is 2.22. The first kappa shape index (κ1) is 16.1. The first-order valence-electron chi connectivity index (χ1n) is 7.02. The largest absolute Gasteiger partial charge is 0.349 e. The molecule has 1 amide bonds. The van der Waals surface area contributed by atoms with E-state index in [1.807, 2.05) is 6.92 Å². The van der Waals surface area contributed by atoms with Crippen LogP contribution in [0.4, 0.5) is 5.69 Å². The molecular formula is C15H22N2O3. The minimum Gasteiger partial charge on any atom is -0.349 e. The highest BCUT2D eigenvalue weighted by atomic mass is 16.6. The van der Waals surface area contributed by atoms with Crippen LogP contribution in [0.25, 0.3) is 0 Å². The topological polar surface area (TPSA) is 72.2 Å². The van der Waals surface area contributed by atoms with Crippen molar-refractivity contribution in [1.29, 1.82) is 0 Å². The van der Waals surface area contributed by atoms with Crippen molar-refractivity contribution >= 4 is 11.6 Å². The van der Waals surface area contributed by atoms with Crippen molar-refractivity contribution in [3.8, 4) is 0 Å². The Bertz CT molecular complexity index is 486. The zero-order valence-electron chi connectivity index (χ0n) is 12.3. The normalized spacial score (nSPS) is 11.9. The quantitative estimate of drug-likeness (QED) is 0.470. The second-order valence-electron chi connectivity index (χ2n) is 5.10. The molecule has 5 nitrogen and oxygen atoms in total. The van der Waals surface area contributed by atoms with Crippen LogP contribution in [0.15, 0.2) is 18.2 Å². The molecule has 0 aliphatic heterocycles. The van der Waals surface area contributed by atoms with Gasteiger partial charge in [0.15, 0.2) is 0 Å². The van der Waals surface area contributed by atoms with Gasteiger partial charge >= 0.3 is 0 Å². The number of unbranched alkanes of at least 4 members (excludes halogenated alkanes) is 2. The Balaban J connectivity index is 2.77. The van der Waals surface area contributed by atoms with Crippen LogP contribution >= 0.6 is 0 Å². The standard InChI is InChI=1S/C15H22N2O3/c1-4-5-6-9-12(3)16-15(18)13-10-7-8-11(2)14(13)17(19)20/h7-8,10,12H,4-6,9H2,1-3H3,(H,16,18)/t12-/m1/s1. The number of aryl methyl sites for hydroxylation is 1. The molecule has 0 spiro atoms. The van der Waals surface area contributed by atoms with E-state index in [-0.39, 0.29) is 23.2 Å². The van der Waals surface area contributed by atoms with E-state index in [0.717, 1.165) is 25.7 Å². The van der Waals surface area contributed by atoms with Crippen molar-refractivity contribution in [1.82, 2.24) is 5.32 Å². The van der Waals surface area contributed by atoms with Crippen LogP contribution in [0.2, 0.25) is 0 Å². The summed E-state index contributed by atoms with van der Waals surface area (Å²) in [5, 5.41) is 13.9. The molecule has 20 heavy (non-hydrogen) atoms. The third-order valence-electron chi connectivity index (χ3n) is 3.28. The molecule has 1 aromatic rings.